The summed E-state index contributed by atoms with van der Waals surface area (Å²) in [6, 6.07) is 15.1. The normalized spacial score (nSPS) is 10.7. The van der Waals surface area contributed by atoms with Crippen molar-refractivity contribution in [1.29, 1.82) is 0 Å². The molecule has 0 atom stereocenters. The Morgan fingerprint density at radius 2 is 1.86 bits per heavy atom. The molecule has 0 spiro atoms. The van der Waals surface area contributed by atoms with E-state index in [2.05, 4.69) is 10.1 Å². The number of benzene rings is 2. The van der Waals surface area contributed by atoms with Gasteiger partial charge in [-0.1, -0.05) is 35.0 Å². The molecular formula is C16H14N2O2S. The zero-order valence-electron chi connectivity index (χ0n) is 11.5. The van der Waals surface area contributed by atoms with E-state index in [0.29, 0.717) is 17.5 Å². The Bertz CT molecular complexity index is 738. The van der Waals surface area contributed by atoms with Crippen molar-refractivity contribution in [1.82, 2.24) is 10.1 Å². The lowest BCUT2D eigenvalue weighted by molar-refractivity contribution is 0.425. The molecule has 0 aliphatic heterocycles. The molecule has 3 aromatic rings. The van der Waals surface area contributed by atoms with Gasteiger partial charge in [-0.2, -0.15) is 4.98 Å². The van der Waals surface area contributed by atoms with Gasteiger partial charge in [0.15, 0.2) is 5.82 Å². The highest BCUT2D eigenvalue weighted by Crippen LogP contribution is 2.30. The Hall–Kier alpha value is -2.27. The molecule has 2 aromatic carbocycles. The van der Waals surface area contributed by atoms with Crippen LogP contribution in [-0.4, -0.2) is 15.2 Å². The van der Waals surface area contributed by atoms with Crippen LogP contribution in [0, 0.1) is 6.92 Å². The lowest BCUT2D eigenvalue weighted by Gasteiger charge is -2.00. The molecule has 0 saturated heterocycles. The second-order valence-electron chi connectivity index (χ2n) is 4.64. The molecule has 0 aliphatic carbocycles. The molecule has 1 N–H and O–H groups in total. The van der Waals surface area contributed by atoms with Gasteiger partial charge in [0.1, 0.15) is 5.75 Å². The first kappa shape index (κ1) is 13.7. The van der Waals surface area contributed by atoms with Crippen molar-refractivity contribution in [2.45, 2.75) is 17.6 Å². The number of aromatic hydroxyl groups is 1. The molecule has 0 unspecified atom stereocenters. The van der Waals surface area contributed by atoms with E-state index in [0.717, 1.165) is 10.5 Å². The number of nitrogens with zero attached hydrogens (tertiary/aromatic N) is 2. The van der Waals surface area contributed by atoms with Crippen molar-refractivity contribution in [3.8, 4) is 17.2 Å². The first-order valence-electron chi connectivity index (χ1n) is 6.53. The standard InChI is InChI=1S/C16H14N2O2S/c1-11-6-8-12(9-7-11)16-17-15(18-20-16)10-21-14-5-3-2-4-13(14)19/h2-9,19H,10H2,1H3. The Morgan fingerprint density at radius 1 is 1.10 bits per heavy atom. The summed E-state index contributed by atoms with van der Waals surface area (Å²) in [5.41, 5.74) is 2.10. The van der Waals surface area contributed by atoms with Crippen LogP contribution in [0.2, 0.25) is 0 Å². The molecule has 0 amide bonds. The third-order valence-electron chi connectivity index (χ3n) is 2.99. The minimum atomic E-state index is 0.268. The first-order chi connectivity index (χ1) is 10.2. The molecule has 3 rings (SSSR count). The molecule has 0 saturated carbocycles. The Morgan fingerprint density at radius 3 is 2.62 bits per heavy atom. The summed E-state index contributed by atoms with van der Waals surface area (Å²) in [6.07, 6.45) is 0. The predicted molar refractivity (Wildman–Crippen MR) is 82.1 cm³/mol. The van der Waals surface area contributed by atoms with Crippen LogP contribution in [0.4, 0.5) is 0 Å². The van der Waals surface area contributed by atoms with Crippen LogP contribution in [0.5, 0.6) is 5.75 Å². The Balaban J connectivity index is 1.71. The van der Waals surface area contributed by atoms with E-state index in [1.165, 1.54) is 17.3 Å². The number of hydrogen-bond acceptors (Lipinski definition) is 5. The van der Waals surface area contributed by atoms with Crippen LogP contribution in [0.25, 0.3) is 11.5 Å². The van der Waals surface area contributed by atoms with Crippen molar-refractivity contribution in [2.24, 2.45) is 0 Å². The number of rotatable bonds is 4. The van der Waals surface area contributed by atoms with E-state index in [-0.39, 0.29) is 5.75 Å². The molecule has 21 heavy (non-hydrogen) atoms. The van der Waals surface area contributed by atoms with Gasteiger partial charge < -0.3 is 9.63 Å². The number of aromatic nitrogens is 2. The van der Waals surface area contributed by atoms with E-state index in [9.17, 15) is 5.11 Å². The minimum absolute atomic E-state index is 0.268. The number of thioether (sulfide) groups is 1. The van der Waals surface area contributed by atoms with Crippen LogP contribution in [0.1, 0.15) is 11.4 Å². The highest BCUT2D eigenvalue weighted by atomic mass is 32.2. The second-order valence-corrected chi connectivity index (χ2v) is 5.66. The van der Waals surface area contributed by atoms with Gasteiger partial charge in [-0.05, 0) is 31.2 Å². The maximum absolute atomic E-state index is 9.71. The number of hydrogen-bond donors (Lipinski definition) is 1. The van der Waals surface area contributed by atoms with Crippen molar-refractivity contribution >= 4 is 11.8 Å². The van der Waals surface area contributed by atoms with Crippen LogP contribution < -0.4 is 0 Å². The average molecular weight is 298 g/mol. The van der Waals surface area contributed by atoms with Gasteiger partial charge in [0, 0.05) is 10.5 Å². The van der Waals surface area contributed by atoms with Crippen LogP contribution in [0.15, 0.2) is 57.9 Å². The second kappa shape index (κ2) is 6.01. The van der Waals surface area contributed by atoms with Crippen molar-refractivity contribution in [3.63, 3.8) is 0 Å². The largest absolute Gasteiger partial charge is 0.507 e. The fraction of sp³-hybridized carbons (Fsp3) is 0.125. The number of aryl methyl sites for hydroxylation is 1. The molecule has 0 bridgehead atoms. The summed E-state index contributed by atoms with van der Waals surface area (Å²) in [6.45, 7) is 2.03. The van der Waals surface area contributed by atoms with E-state index in [4.69, 9.17) is 4.52 Å². The number of phenols is 1. The third kappa shape index (κ3) is 3.25. The van der Waals surface area contributed by atoms with Gasteiger partial charge in [-0.3, -0.25) is 0 Å². The Labute approximate surface area is 126 Å². The monoisotopic (exact) mass is 298 g/mol. The maximum atomic E-state index is 9.71. The van der Waals surface area contributed by atoms with Gasteiger partial charge in [-0.15, -0.1) is 11.8 Å². The van der Waals surface area contributed by atoms with Gasteiger partial charge in [0.2, 0.25) is 0 Å². The summed E-state index contributed by atoms with van der Waals surface area (Å²) in [5.74, 6) is 1.94. The van der Waals surface area contributed by atoms with Gasteiger partial charge in [0.05, 0.1) is 5.75 Å². The quantitative estimate of drug-likeness (QED) is 0.736. The minimum Gasteiger partial charge on any atom is -0.507 e. The fourth-order valence-corrected chi connectivity index (χ4v) is 2.64. The lowest BCUT2D eigenvalue weighted by atomic mass is 10.1. The predicted octanol–water partition coefficient (Wildman–Crippen LogP) is 4.04. The molecule has 1 aromatic heterocycles. The topological polar surface area (TPSA) is 59.2 Å². The summed E-state index contributed by atoms with van der Waals surface area (Å²) in [4.78, 5) is 5.18. The summed E-state index contributed by atoms with van der Waals surface area (Å²) in [7, 11) is 0. The first-order valence-corrected chi connectivity index (χ1v) is 7.51. The number of para-hydroxylation sites is 1. The maximum Gasteiger partial charge on any atom is 0.257 e. The zero-order valence-corrected chi connectivity index (χ0v) is 12.3. The van der Waals surface area contributed by atoms with E-state index in [1.54, 1.807) is 12.1 Å². The van der Waals surface area contributed by atoms with Crippen LogP contribution >= 0.6 is 11.8 Å². The molecule has 1 heterocycles. The smallest absolute Gasteiger partial charge is 0.257 e. The average Bonchev–Trinajstić information content (AvgIpc) is 2.96. The molecule has 4 nitrogen and oxygen atoms in total. The van der Waals surface area contributed by atoms with Crippen molar-refractivity contribution < 1.29 is 9.63 Å². The summed E-state index contributed by atoms with van der Waals surface area (Å²) >= 11 is 1.48. The Kier molecular flexibility index (Phi) is 3.92. The molecule has 106 valence electrons. The zero-order chi connectivity index (χ0) is 14.7. The van der Waals surface area contributed by atoms with Gasteiger partial charge in [0.25, 0.3) is 5.89 Å². The molecular weight excluding hydrogens is 284 g/mol. The number of phenolic OH excluding ortho intramolecular Hbond substituents is 1. The SMILES string of the molecule is Cc1ccc(-c2nc(CSc3ccccc3O)no2)cc1. The molecule has 0 fully saturated rings. The molecule has 5 heteroatoms. The molecule has 0 aliphatic rings. The van der Waals surface area contributed by atoms with E-state index >= 15 is 0 Å². The summed E-state index contributed by atoms with van der Waals surface area (Å²) in [5, 5.41) is 13.7. The molecule has 0 radical (unpaired) electrons. The van der Waals surface area contributed by atoms with Gasteiger partial charge >= 0.3 is 0 Å². The van der Waals surface area contributed by atoms with Crippen molar-refractivity contribution in [2.75, 3.05) is 0 Å². The van der Waals surface area contributed by atoms with Crippen LogP contribution in [-0.2, 0) is 5.75 Å². The van der Waals surface area contributed by atoms with E-state index < -0.39 is 0 Å². The lowest BCUT2D eigenvalue weighted by Crippen LogP contribution is -1.84. The fourth-order valence-electron chi connectivity index (χ4n) is 1.85. The third-order valence-corrected chi connectivity index (χ3v) is 4.05. The van der Waals surface area contributed by atoms with Gasteiger partial charge in [-0.25, -0.2) is 0 Å². The highest BCUT2D eigenvalue weighted by molar-refractivity contribution is 7.98. The van der Waals surface area contributed by atoms with Crippen molar-refractivity contribution in [3.05, 3.63) is 59.9 Å². The highest BCUT2D eigenvalue weighted by Gasteiger charge is 2.10. The van der Waals surface area contributed by atoms with Crippen LogP contribution in [0.3, 0.4) is 0 Å². The summed E-state index contributed by atoms with van der Waals surface area (Å²) < 4.78 is 5.27. The van der Waals surface area contributed by atoms with E-state index in [1.807, 2.05) is 43.3 Å².